The summed E-state index contributed by atoms with van der Waals surface area (Å²) < 4.78 is 1.16. The van der Waals surface area contributed by atoms with Crippen molar-refractivity contribution >= 4 is 38.5 Å². The lowest BCUT2D eigenvalue weighted by atomic mass is 10.0. The van der Waals surface area contributed by atoms with E-state index in [1.165, 1.54) is 0 Å². The van der Waals surface area contributed by atoms with Crippen molar-refractivity contribution in [1.29, 1.82) is 0 Å². The summed E-state index contributed by atoms with van der Waals surface area (Å²) in [7, 11) is 0. The van der Waals surface area contributed by atoms with Crippen molar-refractivity contribution in [1.82, 2.24) is 19.9 Å². The molecule has 1 aliphatic rings. The molecule has 0 bridgehead atoms. The smallest absolute Gasteiger partial charge is 0.274 e. The number of benzene rings is 2. The van der Waals surface area contributed by atoms with E-state index in [1.54, 1.807) is 17.5 Å². The van der Waals surface area contributed by atoms with E-state index in [0.29, 0.717) is 5.69 Å². The number of fused-ring (bicyclic) bond motifs is 2. The highest BCUT2D eigenvalue weighted by molar-refractivity contribution is 7.18. The standard InChI is InChI=1S/C21H18N4OS/c26-21(17-13-22-14-7-1-2-8-15(14)23-17)25-12-6-5-10-18(25)20-24-16-9-3-4-11-19(16)27-20/h1-4,7-9,11,13,18H,5-6,10,12H2. The fraction of sp³-hybridized carbons (Fsp3) is 0.238. The van der Waals surface area contributed by atoms with Gasteiger partial charge in [-0.15, -0.1) is 11.3 Å². The molecule has 5 nitrogen and oxygen atoms in total. The van der Waals surface area contributed by atoms with Crippen molar-refractivity contribution in [2.75, 3.05) is 6.54 Å². The average molecular weight is 374 g/mol. The van der Waals surface area contributed by atoms with E-state index < -0.39 is 0 Å². The first kappa shape index (κ1) is 16.3. The van der Waals surface area contributed by atoms with Gasteiger partial charge in [-0.25, -0.2) is 9.97 Å². The Morgan fingerprint density at radius 2 is 1.74 bits per heavy atom. The van der Waals surface area contributed by atoms with Gasteiger partial charge in [0.25, 0.3) is 5.91 Å². The molecule has 0 saturated carbocycles. The lowest BCUT2D eigenvalue weighted by Gasteiger charge is -2.34. The third-order valence-corrected chi connectivity index (χ3v) is 6.16. The van der Waals surface area contributed by atoms with E-state index >= 15 is 0 Å². The Labute approximate surface area is 160 Å². The van der Waals surface area contributed by atoms with Crippen LogP contribution in [-0.2, 0) is 0 Å². The summed E-state index contributed by atoms with van der Waals surface area (Å²) in [5.74, 6) is -0.0581. The predicted octanol–water partition coefficient (Wildman–Crippen LogP) is 4.61. The summed E-state index contributed by atoms with van der Waals surface area (Å²) in [6.45, 7) is 0.730. The fourth-order valence-corrected chi connectivity index (χ4v) is 4.79. The number of likely N-dealkylation sites (tertiary alicyclic amines) is 1. The summed E-state index contributed by atoms with van der Waals surface area (Å²) >= 11 is 1.68. The van der Waals surface area contributed by atoms with Gasteiger partial charge in [0.05, 0.1) is 33.5 Å². The molecule has 1 unspecified atom stereocenters. The average Bonchev–Trinajstić information content (AvgIpc) is 3.17. The first-order valence-corrected chi connectivity index (χ1v) is 9.99. The summed E-state index contributed by atoms with van der Waals surface area (Å²) in [5, 5.41) is 1.01. The number of amides is 1. The summed E-state index contributed by atoms with van der Waals surface area (Å²) in [6.07, 6.45) is 4.64. The van der Waals surface area contributed by atoms with Crippen LogP contribution in [0, 0.1) is 0 Å². The third kappa shape index (κ3) is 2.96. The van der Waals surface area contributed by atoms with Gasteiger partial charge in [-0.3, -0.25) is 9.78 Å². The minimum atomic E-state index is -0.0581. The van der Waals surface area contributed by atoms with E-state index in [4.69, 9.17) is 4.98 Å². The zero-order valence-corrected chi connectivity index (χ0v) is 15.5. The molecule has 1 fully saturated rings. The number of carbonyl (C=O) groups excluding carboxylic acids is 1. The number of thiazole rings is 1. The van der Waals surface area contributed by atoms with Gasteiger partial charge in [-0.1, -0.05) is 24.3 Å². The molecule has 1 atom stereocenters. The Kier molecular flexibility index (Phi) is 4.05. The van der Waals surface area contributed by atoms with E-state index in [2.05, 4.69) is 16.0 Å². The first-order valence-electron chi connectivity index (χ1n) is 9.18. The molecule has 0 spiro atoms. The molecular weight excluding hydrogens is 356 g/mol. The molecule has 1 amide bonds. The lowest BCUT2D eigenvalue weighted by Crippen LogP contribution is -2.38. The summed E-state index contributed by atoms with van der Waals surface area (Å²) in [4.78, 5) is 28.9. The molecule has 6 heteroatoms. The number of carbonyl (C=O) groups is 1. The quantitative estimate of drug-likeness (QED) is 0.514. The summed E-state index contributed by atoms with van der Waals surface area (Å²) in [6, 6.07) is 15.8. The molecule has 4 aromatic rings. The predicted molar refractivity (Wildman–Crippen MR) is 107 cm³/mol. The third-order valence-electron chi connectivity index (χ3n) is 5.03. The van der Waals surface area contributed by atoms with Gasteiger partial charge in [0, 0.05) is 6.54 Å². The number of hydrogen-bond acceptors (Lipinski definition) is 5. The number of rotatable bonds is 2. The maximum absolute atomic E-state index is 13.2. The van der Waals surface area contributed by atoms with Crippen molar-refractivity contribution in [2.24, 2.45) is 0 Å². The highest BCUT2D eigenvalue weighted by Gasteiger charge is 2.31. The highest BCUT2D eigenvalue weighted by Crippen LogP contribution is 2.36. The Hall–Kier alpha value is -2.86. The van der Waals surface area contributed by atoms with E-state index in [1.807, 2.05) is 47.4 Å². The number of piperidine rings is 1. The molecule has 1 aliphatic heterocycles. The molecule has 27 heavy (non-hydrogen) atoms. The molecule has 2 aromatic heterocycles. The molecule has 134 valence electrons. The molecule has 1 saturated heterocycles. The molecule has 0 aliphatic carbocycles. The van der Waals surface area contributed by atoms with Gasteiger partial charge < -0.3 is 4.90 Å². The second-order valence-electron chi connectivity index (χ2n) is 6.77. The zero-order chi connectivity index (χ0) is 18.2. The van der Waals surface area contributed by atoms with Crippen LogP contribution in [0.4, 0.5) is 0 Å². The van der Waals surface area contributed by atoms with Gasteiger partial charge >= 0.3 is 0 Å². The summed E-state index contributed by atoms with van der Waals surface area (Å²) in [5.41, 5.74) is 2.95. The minimum Gasteiger partial charge on any atom is -0.328 e. The van der Waals surface area contributed by atoms with Crippen molar-refractivity contribution in [3.05, 3.63) is 65.4 Å². The maximum atomic E-state index is 13.2. The Bertz CT molecular complexity index is 1110. The van der Waals surface area contributed by atoms with Crippen LogP contribution in [0.25, 0.3) is 21.3 Å². The van der Waals surface area contributed by atoms with Crippen LogP contribution in [0.5, 0.6) is 0 Å². The number of nitrogens with zero attached hydrogens (tertiary/aromatic N) is 4. The maximum Gasteiger partial charge on any atom is 0.274 e. The fourth-order valence-electron chi connectivity index (χ4n) is 3.67. The molecule has 5 rings (SSSR count). The van der Waals surface area contributed by atoms with E-state index in [9.17, 15) is 4.79 Å². The monoisotopic (exact) mass is 374 g/mol. The normalized spacial score (nSPS) is 17.5. The van der Waals surface area contributed by atoms with Crippen LogP contribution in [0.3, 0.4) is 0 Å². The Morgan fingerprint density at radius 3 is 2.59 bits per heavy atom. The van der Waals surface area contributed by atoms with Gasteiger partial charge in [0.1, 0.15) is 10.7 Å². The van der Waals surface area contributed by atoms with Crippen LogP contribution < -0.4 is 0 Å². The van der Waals surface area contributed by atoms with E-state index in [-0.39, 0.29) is 11.9 Å². The minimum absolute atomic E-state index is 0.0110. The molecule has 2 aromatic carbocycles. The highest BCUT2D eigenvalue weighted by atomic mass is 32.1. The molecular formula is C21H18N4OS. The molecule has 3 heterocycles. The number of aromatic nitrogens is 3. The zero-order valence-electron chi connectivity index (χ0n) is 14.7. The second-order valence-corrected chi connectivity index (χ2v) is 7.84. The lowest BCUT2D eigenvalue weighted by molar-refractivity contribution is 0.0605. The van der Waals surface area contributed by atoms with Gasteiger partial charge in [0.2, 0.25) is 0 Å². The van der Waals surface area contributed by atoms with Crippen molar-refractivity contribution in [3.63, 3.8) is 0 Å². The number of para-hydroxylation sites is 3. The van der Waals surface area contributed by atoms with Crippen LogP contribution in [-0.4, -0.2) is 32.3 Å². The van der Waals surface area contributed by atoms with Gasteiger partial charge in [0.15, 0.2) is 0 Å². The second kappa shape index (κ2) is 6.70. The van der Waals surface area contributed by atoms with Crippen LogP contribution in [0.1, 0.15) is 40.8 Å². The SMILES string of the molecule is O=C(c1cnc2ccccc2n1)N1CCCCC1c1nc2ccccc2s1. The van der Waals surface area contributed by atoms with Crippen LogP contribution in [0.2, 0.25) is 0 Å². The van der Waals surface area contributed by atoms with Crippen molar-refractivity contribution in [3.8, 4) is 0 Å². The Balaban J connectivity index is 1.51. The van der Waals surface area contributed by atoms with Crippen LogP contribution >= 0.6 is 11.3 Å². The first-order chi connectivity index (χ1) is 13.3. The van der Waals surface area contributed by atoms with Gasteiger partial charge in [-0.05, 0) is 43.5 Å². The van der Waals surface area contributed by atoms with Crippen molar-refractivity contribution in [2.45, 2.75) is 25.3 Å². The number of hydrogen-bond donors (Lipinski definition) is 0. The molecule has 0 radical (unpaired) electrons. The topological polar surface area (TPSA) is 59.0 Å². The van der Waals surface area contributed by atoms with Crippen LogP contribution in [0.15, 0.2) is 54.7 Å². The Morgan fingerprint density at radius 1 is 0.963 bits per heavy atom. The molecule has 0 N–H and O–H groups in total. The largest absolute Gasteiger partial charge is 0.328 e. The van der Waals surface area contributed by atoms with E-state index in [0.717, 1.165) is 52.1 Å². The van der Waals surface area contributed by atoms with Gasteiger partial charge in [-0.2, -0.15) is 0 Å². The van der Waals surface area contributed by atoms with Crippen molar-refractivity contribution < 1.29 is 4.79 Å².